The molecule has 118 valence electrons. The Bertz CT molecular complexity index is 574. The Morgan fingerprint density at radius 1 is 1.14 bits per heavy atom. The molecule has 0 spiro atoms. The van der Waals surface area contributed by atoms with Crippen LogP contribution in [0.25, 0.3) is 0 Å². The third-order valence-electron chi connectivity index (χ3n) is 6.51. The van der Waals surface area contributed by atoms with Crippen molar-refractivity contribution in [2.24, 2.45) is 23.7 Å². The van der Waals surface area contributed by atoms with Gasteiger partial charge in [-0.2, -0.15) is 0 Å². The van der Waals surface area contributed by atoms with Crippen LogP contribution in [0.1, 0.15) is 52.8 Å². The molecule has 2 saturated heterocycles. The number of hydrogen-bond donors (Lipinski definition) is 0. The highest BCUT2D eigenvalue weighted by Gasteiger charge is 2.52. The molecule has 5 atom stereocenters. The van der Waals surface area contributed by atoms with Crippen molar-refractivity contribution >= 4 is 17.2 Å². The van der Waals surface area contributed by atoms with E-state index in [9.17, 15) is 4.79 Å². The summed E-state index contributed by atoms with van der Waals surface area (Å²) in [5.41, 5.74) is 0. The van der Waals surface area contributed by atoms with Gasteiger partial charge in [-0.3, -0.25) is 4.79 Å². The molecule has 0 radical (unpaired) electrons. The Hall–Kier alpha value is -0.870. The Morgan fingerprint density at radius 2 is 1.91 bits per heavy atom. The number of rotatable bonds is 2. The molecule has 1 aromatic rings. The zero-order chi connectivity index (χ0) is 14.7. The molecular weight excluding hydrogens is 294 g/mol. The lowest BCUT2D eigenvalue weighted by molar-refractivity contribution is 0.0781. The van der Waals surface area contributed by atoms with E-state index in [1.165, 1.54) is 24.1 Å². The van der Waals surface area contributed by atoms with Gasteiger partial charge in [0.15, 0.2) is 0 Å². The van der Waals surface area contributed by atoms with Crippen LogP contribution in [0.15, 0.2) is 12.1 Å². The van der Waals surface area contributed by atoms with Crippen LogP contribution in [-0.2, 0) is 4.74 Å². The molecule has 2 saturated carbocycles. The number of fused-ring (bicyclic) bond motifs is 5. The largest absolute Gasteiger partial charge is 0.373 e. The predicted molar refractivity (Wildman–Crippen MR) is 86.0 cm³/mol. The molecule has 1 aromatic heterocycles. The Balaban J connectivity index is 1.31. The molecule has 0 aromatic carbocycles. The van der Waals surface area contributed by atoms with Gasteiger partial charge in [0.25, 0.3) is 5.91 Å². The van der Waals surface area contributed by atoms with Crippen molar-refractivity contribution in [1.82, 2.24) is 4.90 Å². The average molecular weight is 317 g/mol. The molecule has 2 aliphatic carbocycles. The fourth-order valence-corrected chi connectivity index (χ4v) is 6.51. The zero-order valence-electron chi connectivity index (χ0n) is 12.9. The van der Waals surface area contributed by atoms with Gasteiger partial charge in [0, 0.05) is 24.6 Å². The molecule has 5 rings (SSSR count). The molecule has 4 aliphatic rings. The molecule has 2 bridgehead atoms. The van der Waals surface area contributed by atoms with Gasteiger partial charge >= 0.3 is 0 Å². The minimum absolute atomic E-state index is 0.236. The Kier molecular flexibility index (Phi) is 3.12. The average Bonchev–Trinajstić information content (AvgIpc) is 3.35. The van der Waals surface area contributed by atoms with E-state index in [-0.39, 0.29) is 12.0 Å². The number of carbonyl (C=O) groups excluding carboxylic acids is 1. The first-order chi connectivity index (χ1) is 10.8. The van der Waals surface area contributed by atoms with Crippen molar-refractivity contribution < 1.29 is 9.53 Å². The SMILES string of the molecule is O=C(c1ccc(C2CCCO2)s1)N1C[C@@H]2[C@@H]3CC[C@@H](C3)[C@@H]2C1. The summed E-state index contributed by atoms with van der Waals surface area (Å²) in [4.78, 5) is 17.1. The van der Waals surface area contributed by atoms with E-state index in [0.717, 1.165) is 61.1 Å². The van der Waals surface area contributed by atoms with Crippen molar-refractivity contribution in [2.75, 3.05) is 19.7 Å². The second-order valence-electron chi connectivity index (χ2n) is 7.57. The maximum absolute atomic E-state index is 12.8. The number of nitrogens with zero attached hydrogens (tertiary/aromatic N) is 1. The normalized spacial score (nSPS) is 39.6. The van der Waals surface area contributed by atoms with Crippen molar-refractivity contribution in [1.29, 1.82) is 0 Å². The van der Waals surface area contributed by atoms with E-state index in [1.54, 1.807) is 11.3 Å². The molecule has 1 amide bonds. The van der Waals surface area contributed by atoms with Crippen LogP contribution >= 0.6 is 11.3 Å². The fraction of sp³-hybridized carbons (Fsp3) is 0.722. The lowest BCUT2D eigenvalue weighted by atomic mass is 9.82. The zero-order valence-corrected chi connectivity index (χ0v) is 13.7. The van der Waals surface area contributed by atoms with E-state index in [2.05, 4.69) is 11.0 Å². The summed E-state index contributed by atoms with van der Waals surface area (Å²) in [6.45, 7) is 2.89. The summed E-state index contributed by atoms with van der Waals surface area (Å²) in [5.74, 6) is 3.71. The third kappa shape index (κ3) is 2.00. The molecule has 4 heteroatoms. The van der Waals surface area contributed by atoms with Crippen LogP contribution in [0.4, 0.5) is 0 Å². The molecule has 2 aliphatic heterocycles. The first-order valence-electron chi connectivity index (χ1n) is 8.80. The van der Waals surface area contributed by atoms with Gasteiger partial charge < -0.3 is 9.64 Å². The number of thiophene rings is 1. The summed E-state index contributed by atoms with van der Waals surface area (Å²) >= 11 is 1.65. The second-order valence-corrected chi connectivity index (χ2v) is 8.69. The van der Waals surface area contributed by atoms with Crippen molar-refractivity contribution in [3.63, 3.8) is 0 Å². The fourth-order valence-electron chi connectivity index (χ4n) is 5.45. The highest BCUT2D eigenvalue weighted by molar-refractivity contribution is 7.14. The highest BCUT2D eigenvalue weighted by atomic mass is 32.1. The van der Waals surface area contributed by atoms with Crippen molar-refractivity contribution in [3.8, 4) is 0 Å². The number of hydrogen-bond acceptors (Lipinski definition) is 3. The summed E-state index contributed by atoms with van der Waals surface area (Å²) in [6.07, 6.45) is 6.75. The molecule has 4 fully saturated rings. The lowest BCUT2D eigenvalue weighted by Crippen LogP contribution is -2.29. The lowest BCUT2D eigenvalue weighted by Gasteiger charge is -2.22. The van der Waals surface area contributed by atoms with Crippen molar-refractivity contribution in [2.45, 2.75) is 38.2 Å². The quantitative estimate of drug-likeness (QED) is 0.832. The minimum Gasteiger partial charge on any atom is -0.373 e. The number of carbonyl (C=O) groups is 1. The van der Waals surface area contributed by atoms with Crippen LogP contribution in [0, 0.1) is 23.7 Å². The summed E-state index contributed by atoms with van der Waals surface area (Å²) in [5, 5.41) is 0. The highest BCUT2D eigenvalue weighted by Crippen LogP contribution is 2.55. The van der Waals surface area contributed by atoms with Crippen molar-refractivity contribution in [3.05, 3.63) is 21.9 Å². The Morgan fingerprint density at radius 3 is 2.59 bits per heavy atom. The molecule has 0 N–H and O–H groups in total. The van der Waals surface area contributed by atoms with Gasteiger partial charge in [0.05, 0.1) is 11.0 Å². The van der Waals surface area contributed by atoms with Crippen LogP contribution in [0.5, 0.6) is 0 Å². The standard InChI is InChI=1S/C18H23NO2S/c20-18(17-6-5-16(22-17)15-2-1-7-21-15)19-9-13-11-3-4-12(8-11)14(13)10-19/h5-6,11-15H,1-4,7-10H2/t11-,12+,13-,14+,15?. The number of ether oxygens (including phenoxy) is 1. The maximum atomic E-state index is 12.8. The minimum atomic E-state index is 0.236. The third-order valence-corrected chi connectivity index (χ3v) is 7.67. The van der Waals surface area contributed by atoms with Crippen LogP contribution < -0.4 is 0 Å². The van der Waals surface area contributed by atoms with E-state index >= 15 is 0 Å². The van der Waals surface area contributed by atoms with Gasteiger partial charge in [-0.15, -0.1) is 11.3 Å². The van der Waals surface area contributed by atoms with Gasteiger partial charge in [0.1, 0.15) is 0 Å². The number of amides is 1. The van der Waals surface area contributed by atoms with Gasteiger partial charge in [0.2, 0.25) is 0 Å². The molecule has 3 heterocycles. The van der Waals surface area contributed by atoms with Gasteiger partial charge in [-0.25, -0.2) is 0 Å². The van der Waals surface area contributed by atoms with Gasteiger partial charge in [-0.1, -0.05) is 0 Å². The van der Waals surface area contributed by atoms with E-state index in [1.807, 2.05) is 6.07 Å². The molecule has 22 heavy (non-hydrogen) atoms. The summed E-state index contributed by atoms with van der Waals surface area (Å²) in [7, 11) is 0. The van der Waals surface area contributed by atoms with Crippen LogP contribution in [0.3, 0.4) is 0 Å². The smallest absolute Gasteiger partial charge is 0.263 e. The second kappa shape index (κ2) is 5.07. The molecular formula is C18H23NO2S. The van der Waals surface area contributed by atoms with Crippen LogP contribution in [-0.4, -0.2) is 30.5 Å². The topological polar surface area (TPSA) is 29.5 Å². The summed E-state index contributed by atoms with van der Waals surface area (Å²) in [6, 6.07) is 4.13. The predicted octanol–water partition coefficient (Wildman–Crippen LogP) is 3.72. The first-order valence-corrected chi connectivity index (χ1v) is 9.62. The van der Waals surface area contributed by atoms with Gasteiger partial charge in [-0.05, 0) is 67.9 Å². The monoisotopic (exact) mass is 317 g/mol. The van der Waals surface area contributed by atoms with E-state index in [0.29, 0.717) is 0 Å². The summed E-state index contributed by atoms with van der Waals surface area (Å²) < 4.78 is 5.74. The van der Waals surface area contributed by atoms with E-state index in [4.69, 9.17) is 4.74 Å². The Labute approximate surface area is 135 Å². The molecule has 3 nitrogen and oxygen atoms in total. The van der Waals surface area contributed by atoms with Crippen LogP contribution in [0.2, 0.25) is 0 Å². The molecule has 1 unspecified atom stereocenters. The first kappa shape index (κ1) is 13.6. The maximum Gasteiger partial charge on any atom is 0.263 e. The van der Waals surface area contributed by atoms with E-state index < -0.39 is 0 Å². The number of likely N-dealkylation sites (tertiary alicyclic amines) is 1.